The number of benzene rings is 9. The van der Waals surface area contributed by atoms with E-state index in [9.17, 15) is 15.2 Å². The number of H-pyrrole nitrogens is 1. The van der Waals surface area contributed by atoms with E-state index >= 15 is 0 Å². The van der Waals surface area contributed by atoms with Crippen molar-refractivity contribution in [2.24, 2.45) is 0 Å². The van der Waals surface area contributed by atoms with Crippen molar-refractivity contribution in [3.63, 3.8) is 0 Å². The maximum atomic E-state index is 11.5. The Kier molecular flexibility index (Phi) is 11.5. The molecule has 2 N–H and O–H groups in total. The zero-order valence-electron chi connectivity index (χ0n) is 38.5. The summed E-state index contributed by atoms with van der Waals surface area (Å²) in [7, 11) is 0. The fourth-order valence-corrected chi connectivity index (χ4v) is 11.4. The van der Waals surface area contributed by atoms with Gasteiger partial charge in [0.1, 0.15) is 17.5 Å². The van der Waals surface area contributed by atoms with Crippen molar-refractivity contribution >= 4 is 101 Å². The van der Waals surface area contributed by atoms with Gasteiger partial charge in [0.15, 0.2) is 0 Å². The lowest BCUT2D eigenvalue weighted by atomic mass is 9.93. The highest BCUT2D eigenvalue weighted by molar-refractivity contribution is 7.24. The van der Waals surface area contributed by atoms with E-state index in [-0.39, 0.29) is 5.57 Å². The molecule has 0 saturated carbocycles. The molecular formula is C63H41N5O2S2. The molecular weight excluding hydrogens is 923 g/mol. The van der Waals surface area contributed by atoms with Crippen molar-refractivity contribution in [3.8, 4) is 48.8 Å². The minimum Gasteiger partial charge on any atom is -0.477 e. The zero-order chi connectivity index (χ0) is 48.5. The Morgan fingerprint density at radius 1 is 0.472 bits per heavy atom. The Bertz CT molecular complexity index is 3730. The number of aliphatic carboxylic acids is 1. The molecule has 0 aliphatic heterocycles. The van der Waals surface area contributed by atoms with Gasteiger partial charge >= 0.3 is 5.97 Å². The highest BCUT2D eigenvalue weighted by Crippen LogP contribution is 2.43. The summed E-state index contributed by atoms with van der Waals surface area (Å²) in [6.45, 7) is 0. The molecule has 0 fully saturated rings. The van der Waals surface area contributed by atoms with Crippen molar-refractivity contribution in [2.75, 3.05) is 9.80 Å². The summed E-state index contributed by atoms with van der Waals surface area (Å²) >= 11 is 3.06. The van der Waals surface area contributed by atoms with Gasteiger partial charge in [-0.3, -0.25) is 0 Å². The predicted molar refractivity (Wildman–Crippen MR) is 299 cm³/mol. The largest absolute Gasteiger partial charge is 0.477 e. The number of nitrogens with one attached hydrogen (secondary N) is 1. The third kappa shape index (κ3) is 8.37. The fourth-order valence-electron chi connectivity index (χ4n) is 9.45. The van der Waals surface area contributed by atoms with Crippen LogP contribution in [0.2, 0.25) is 0 Å². The molecule has 9 heteroatoms. The molecule has 0 aliphatic rings. The standard InChI is InChI=1S/C63H41N5O2S2/c64-40-45(63(69)70)37-52-31-34-57(71-52)58-35-36-59(72-58)62-65-60-53-32-25-43(41-21-27-50(28-22-41)67(46-13-5-1-6-14-46)47-15-7-2-8-16-47)38-55(53)56-39-44(26-33-54(56)61(60)66-62)42-23-29-51(30-24-42)68(48-17-9-3-10-18-48)49-19-11-4-12-20-49/h1-39H,(H,65,66)(H,69,70)/b45-37+. The number of nitriles is 1. The number of carboxylic acid groups (broad SMARTS) is 1. The SMILES string of the molecule is N#C/C(=C\c1ccc(-c2ccc(-c3nc4c5ccc(-c6ccc(N(c7ccccc7)c7ccccc7)cc6)cc5c5cc(-c6ccc(N(c7ccccc7)c7ccccc7)cc6)ccc5c4[nH]3)s2)s1)C(=O)O. The average molecular weight is 964 g/mol. The molecule has 12 rings (SSSR count). The van der Waals surface area contributed by atoms with Gasteiger partial charge in [-0.25, -0.2) is 9.78 Å². The molecule has 0 spiro atoms. The highest BCUT2D eigenvalue weighted by atomic mass is 32.1. The van der Waals surface area contributed by atoms with E-state index < -0.39 is 5.97 Å². The van der Waals surface area contributed by atoms with Crippen LogP contribution in [0.3, 0.4) is 0 Å². The number of hydrogen-bond donors (Lipinski definition) is 2. The van der Waals surface area contributed by atoms with Gasteiger partial charge in [0, 0.05) is 59.5 Å². The van der Waals surface area contributed by atoms with Gasteiger partial charge in [0.25, 0.3) is 0 Å². The van der Waals surface area contributed by atoms with E-state index in [4.69, 9.17) is 4.98 Å². The van der Waals surface area contributed by atoms with E-state index in [2.05, 4.69) is 209 Å². The average Bonchev–Trinajstić information content (AvgIpc) is 4.23. The first-order chi connectivity index (χ1) is 35.5. The summed E-state index contributed by atoms with van der Waals surface area (Å²) < 4.78 is 0. The Labute approximate surface area is 423 Å². The molecule has 72 heavy (non-hydrogen) atoms. The van der Waals surface area contributed by atoms with Gasteiger partial charge in [-0.1, -0.05) is 121 Å². The summed E-state index contributed by atoms with van der Waals surface area (Å²) in [6, 6.07) is 82.6. The number of nitrogens with zero attached hydrogens (tertiary/aromatic N) is 4. The minimum atomic E-state index is -1.24. The maximum absolute atomic E-state index is 11.5. The van der Waals surface area contributed by atoms with Crippen molar-refractivity contribution in [3.05, 3.63) is 241 Å². The van der Waals surface area contributed by atoms with Crippen molar-refractivity contribution in [1.82, 2.24) is 9.97 Å². The number of rotatable bonds is 12. The summed E-state index contributed by atoms with van der Waals surface area (Å²) in [5, 5.41) is 23.1. The van der Waals surface area contributed by atoms with Gasteiger partial charge < -0.3 is 19.9 Å². The van der Waals surface area contributed by atoms with Crippen LogP contribution in [0.4, 0.5) is 34.1 Å². The Balaban J connectivity index is 0.960. The number of carbonyl (C=O) groups is 1. The summed E-state index contributed by atoms with van der Waals surface area (Å²) in [5.41, 5.74) is 12.5. The Morgan fingerprint density at radius 3 is 1.38 bits per heavy atom. The van der Waals surface area contributed by atoms with Crippen LogP contribution in [-0.2, 0) is 4.79 Å². The fraction of sp³-hybridized carbons (Fsp3) is 0. The molecule has 0 bridgehead atoms. The number of thiophene rings is 2. The first-order valence-corrected chi connectivity index (χ1v) is 25.0. The van der Waals surface area contributed by atoms with E-state index in [1.165, 1.54) is 17.4 Å². The summed E-state index contributed by atoms with van der Waals surface area (Å²) in [6.07, 6.45) is 1.42. The molecule has 0 atom stereocenters. The lowest BCUT2D eigenvalue weighted by molar-refractivity contribution is -0.132. The first kappa shape index (κ1) is 43.9. The quantitative estimate of drug-likeness (QED) is 0.0719. The van der Waals surface area contributed by atoms with Crippen LogP contribution in [0.25, 0.3) is 81.4 Å². The third-order valence-corrected chi connectivity index (χ3v) is 15.2. The molecule has 0 unspecified atom stereocenters. The van der Waals surface area contributed by atoms with Crippen molar-refractivity contribution in [2.45, 2.75) is 0 Å². The number of anilines is 6. The smallest absolute Gasteiger partial charge is 0.346 e. The van der Waals surface area contributed by atoms with Crippen LogP contribution in [0.5, 0.6) is 0 Å². The van der Waals surface area contributed by atoms with Gasteiger partial charge in [0.05, 0.1) is 15.9 Å². The minimum absolute atomic E-state index is 0.296. The lowest BCUT2D eigenvalue weighted by Crippen LogP contribution is -2.09. The molecule has 0 saturated heterocycles. The maximum Gasteiger partial charge on any atom is 0.346 e. The Hall–Kier alpha value is -9.33. The lowest BCUT2D eigenvalue weighted by Gasteiger charge is -2.25. The summed E-state index contributed by atoms with van der Waals surface area (Å²) in [4.78, 5) is 28.8. The second-order valence-electron chi connectivity index (χ2n) is 17.3. The van der Waals surface area contributed by atoms with Crippen LogP contribution in [-0.4, -0.2) is 21.0 Å². The highest BCUT2D eigenvalue weighted by Gasteiger charge is 2.19. The van der Waals surface area contributed by atoms with Gasteiger partial charge in [-0.2, -0.15) is 5.26 Å². The van der Waals surface area contributed by atoms with Crippen LogP contribution < -0.4 is 9.80 Å². The number of aromatic amines is 1. The number of para-hydroxylation sites is 4. The molecule has 12 aromatic rings. The van der Waals surface area contributed by atoms with Crippen molar-refractivity contribution in [1.29, 1.82) is 5.26 Å². The van der Waals surface area contributed by atoms with Gasteiger partial charge in [0.2, 0.25) is 0 Å². The van der Waals surface area contributed by atoms with Gasteiger partial charge in [-0.05, 0) is 148 Å². The van der Waals surface area contributed by atoms with E-state index in [1.54, 1.807) is 17.4 Å². The molecule has 7 nitrogen and oxygen atoms in total. The van der Waals surface area contributed by atoms with E-state index in [0.717, 1.165) is 109 Å². The molecule has 3 aromatic heterocycles. The number of aromatic nitrogens is 2. The molecule has 0 amide bonds. The van der Waals surface area contributed by atoms with Crippen LogP contribution in [0.15, 0.2) is 236 Å². The first-order valence-electron chi connectivity index (χ1n) is 23.4. The number of imidazole rings is 1. The molecule has 0 aliphatic carbocycles. The van der Waals surface area contributed by atoms with E-state index in [0.29, 0.717) is 4.88 Å². The topological polar surface area (TPSA) is 96.3 Å². The normalized spacial score (nSPS) is 11.5. The predicted octanol–water partition coefficient (Wildman–Crippen LogP) is 17.6. The number of fused-ring (bicyclic) bond motifs is 6. The Morgan fingerprint density at radius 2 is 0.889 bits per heavy atom. The van der Waals surface area contributed by atoms with Crippen LogP contribution in [0, 0.1) is 11.3 Å². The van der Waals surface area contributed by atoms with Crippen molar-refractivity contribution < 1.29 is 9.90 Å². The monoisotopic (exact) mass is 963 g/mol. The zero-order valence-corrected chi connectivity index (χ0v) is 40.1. The number of carboxylic acids is 1. The van der Waals surface area contributed by atoms with Crippen LogP contribution in [0.1, 0.15) is 4.88 Å². The second kappa shape index (κ2) is 18.9. The molecule has 3 heterocycles. The van der Waals surface area contributed by atoms with Gasteiger partial charge in [-0.15, -0.1) is 22.7 Å². The molecule has 0 radical (unpaired) electrons. The molecule has 342 valence electrons. The number of hydrogen-bond acceptors (Lipinski definition) is 7. The molecule has 9 aromatic carbocycles. The summed E-state index contributed by atoms with van der Waals surface area (Å²) in [5.74, 6) is -0.470. The second-order valence-corrected chi connectivity index (χ2v) is 19.5. The third-order valence-electron chi connectivity index (χ3n) is 12.9. The van der Waals surface area contributed by atoms with E-state index in [1.807, 2.05) is 36.4 Å². The van der Waals surface area contributed by atoms with Crippen LogP contribution >= 0.6 is 22.7 Å².